The number of hydrogen-bond acceptors (Lipinski definition) is 9. The molecule has 0 saturated carbocycles. The molecule has 0 spiro atoms. The van der Waals surface area contributed by atoms with Gasteiger partial charge in [-0.05, 0) is 31.4 Å². The van der Waals surface area contributed by atoms with Gasteiger partial charge < -0.3 is 24.7 Å². The molecule has 0 aliphatic carbocycles. The van der Waals surface area contributed by atoms with Crippen molar-refractivity contribution in [1.82, 2.24) is 25.1 Å². The Morgan fingerprint density at radius 2 is 1.85 bits per heavy atom. The van der Waals surface area contributed by atoms with Gasteiger partial charge in [-0.15, -0.1) is 0 Å². The second-order valence-corrected chi connectivity index (χ2v) is 9.43. The van der Waals surface area contributed by atoms with E-state index in [0.29, 0.717) is 45.2 Å². The highest BCUT2D eigenvalue weighted by Gasteiger charge is 2.45. The van der Waals surface area contributed by atoms with E-state index in [1.165, 1.54) is 0 Å². The Labute approximate surface area is 231 Å². The summed E-state index contributed by atoms with van der Waals surface area (Å²) in [5.74, 6) is -2.22. The minimum absolute atomic E-state index is 0.0488. The number of unbranched alkanes of at least 4 members (excludes halogenated alkanes) is 1. The standard InChI is InChI=1S/C27H34N6O7/c34-22(30-9-1-2-12-32-13-10-28-18-32)8-14-39-16-17-40-15-11-29-20-5-3-4-19-24(20)27(38)33(26(19)37)21-6-7-23(35)31-25(21)36/h3-5,10,13,18,21,29H,1-2,6-9,11-12,14-17H2,(H,30,34)(H,31,35,36). The van der Waals surface area contributed by atoms with Gasteiger partial charge in [-0.2, -0.15) is 0 Å². The van der Waals surface area contributed by atoms with Crippen molar-refractivity contribution in [2.75, 3.05) is 44.8 Å². The third kappa shape index (κ3) is 7.51. The van der Waals surface area contributed by atoms with Crippen LogP contribution in [0.25, 0.3) is 0 Å². The predicted octanol–water partition coefficient (Wildman–Crippen LogP) is 0.716. The van der Waals surface area contributed by atoms with E-state index in [2.05, 4.69) is 20.9 Å². The van der Waals surface area contributed by atoms with Gasteiger partial charge in [0.25, 0.3) is 11.8 Å². The van der Waals surface area contributed by atoms with Crippen molar-refractivity contribution in [2.45, 2.75) is 44.7 Å². The van der Waals surface area contributed by atoms with Crippen molar-refractivity contribution in [3.05, 3.63) is 48.0 Å². The van der Waals surface area contributed by atoms with Crippen LogP contribution in [0.5, 0.6) is 0 Å². The lowest BCUT2D eigenvalue weighted by Crippen LogP contribution is -2.54. The Morgan fingerprint density at radius 1 is 1.02 bits per heavy atom. The number of carbonyl (C=O) groups excluding carboxylic acids is 5. The van der Waals surface area contributed by atoms with E-state index in [0.717, 1.165) is 24.3 Å². The smallest absolute Gasteiger partial charge is 0.264 e. The fraction of sp³-hybridized carbons (Fsp3) is 0.481. The number of aryl methyl sites for hydroxylation is 1. The monoisotopic (exact) mass is 554 g/mol. The van der Waals surface area contributed by atoms with E-state index < -0.39 is 29.7 Å². The minimum atomic E-state index is -1.01. The van der Waals surface area contributed by atoms with Gasteiger partial charge >= 0.3 is 0 Å². The van der Waals surface area contributed by atoms with Crippen LogP contribution in [0.2, 0.25) is 0 Å². The molecular formula is C27H34N6O7. The van der Waals surface area contributed by atoms with Crippen LogP contribution in [0.3, 0.4) is 0 Å². The van der Waals surface area contributed by atoms with E-state index in [1.54, 1.807) is 30.7 Å². The molecule has 0 bridgehead atoms. The van der Waals surface area contributed by atoms with Crippen LogP contribution in [0, 0.1) is 0 Å². The highest BCUT2D eigenvalue weighted by molar-refractivity contribution is 6.25. The molecule has 5 amide bonds. The average Bonchev–Trinajstić information content (AvgIpc) is 3.54. The van der Waals surface area contributed by atoms with E-state index in [4.69, 9.17) is 9.47 Å². The Morgan fingerprint density at radius 3 is 2.62 bits per heavy atom. The number of nitrogens with one attached hydrogen (secondary N) is 3. The molecule has 3 N–H and O–H groups in total. The lowest BCUT2D eigenvalue weighted by atomic mass is 10.0. The van der Waals surface area contributed by atoms with Crippen LogP contribution in [-0.2, 0) is 30.4 Å². The van der Waals surface area contributed by atoms with Gasteiger partial charge in [-0.25, -0.2) is 4.98 Å². The summed E-state index contributed by atoms with van der Waals surface area (Å²) in [5, 5.41) is 8.18. The number of aromatic nitrogens is 2. The summed E-state index contributed by atoms with van der Waals surface area (Å²) in [6.45, 7) is 3.19. The number of imide groups is 2. The van der Waals surface area contributed by atoms with Gasteiger partial charge in [0.1, 0.15) is 6.04 Å². The van der Waals surface area contributed by atoms with Crippen LogP contribution < -0.4 is 16.0 Å². The first-order valence-electron chi connectivity index (χ1n) is 13.4. The Kier molecular flexibility index (Phi) is 10.4. The molecule has 2 aliphatic heterocycles. The number of amides is 5. The Balaban J connectivity index is 1.07. The van der Waals surface area contributed by atoms with Crippen molar-refractivity contribution < 1.29 is 33.4 Å². The maximum absolute atomic E-state index is 13.1. The molecule has 13 nitrogen and oxygen atoms in total. The normalized spacial score (nSPS) is 16.7. The average molecular weight is 555 g/mol. The van der Waals surface area contributed by atoms with E-state index in [1.807, 2.05) is 10.8 Å². The summed E-state index contributed by atoms with van der Waals surface area (Å²) in [4.78, 5) is 66.5. The number of ether oxygens (including phenoxy) is 2. The third-order valence-corrected chi connectivity index (χ3v) is 6.60. The molecule has 1 unspecified atom stereocenters. The maximum atomic E-state index is 13.1. The lowest BCUT2D eigenvalue weighted by molar-refractivity contribution is -0.136. The second kappa shape index (κ2) is 14.3. The number of carbonyl (C=O) groups is 5. The van der Waals surface area contributed by atoms with Gasteiger partial charge in [0.05, 0.1) is 43.9 Å². The van der Waals surface area contributed by atoms with Crippen molar-refractivity contribution in [3.8, 4) is 0 Å². The number of piperidine rings is 1. The summed E-state index contributed by atoms with van der Waals surface area (Å²) in [6, 6.07) is 3.88. The lowest BCUT2D eigenvalue weighted by Gasteiger charge is -2.27. The molecule has 1 aromatic carbocycles. The Hall–Kier alpha value is -4.10. The SMILES string of the molecule is O=C(CCOCCOCCNc1cccc2c1C(=O)N(C1CCC(=O)NC1=O)C2=O)NCCCCn1ccnc1. The van der Waals surface area contributed by atoms with Gasteiger partial charge in [0, 0.05) is 50.6 Å². The molecule has 3 heterocycles. The molecular weight excluding hydrogens is 520 g/mol. The molecule has 2 aromatic rings. The van der Waals surface area contributed by atoms with Crippen LogP contribution in [0.1, 0.15) is 52.8 Å². The molecule has 40 heavy (non-hydrogen) atoms. The minimum Gasteiger partial charge on any atom is -0.382 e. The first-order chi connectivity index (χ1) is 19.5. The number of hydrogen-bond donors (Lipinski definition) is 3. The van der Waals surface area contributed by atoms with Crippen molar-refractivity contribution in [3.63, 3.8) is 0 Å². The molecule has 1 aromatic heterocycles. The highest BCUT2D eigenvalue weighted by Crippen LogP contribution is 2.32. The van der Waals surface area contributed by atoms with Gasteiger partial charge in [-0.3, -0.25) is 34.2 Å². The second-order valence-electron chi connectivity index (χ2n) is 9.43. The number of anilines is 1. The summed E-state index contributed by atoms with van der Waals surface area (Å²) >= 11 is 0. The largest absolute Gasteiger partial charge is 0.382 e. The molecule has 13 heteroatoms. The van der Waals surface area contributed by atoms with Gasteiger partial charge in [-0.1, -0.05) is 6.07 Å². The van der Waals surface area contributed by atoms with Crippen molar-refractivity contribution in [1.29, 1.82) is 0 Å². The molecule has 0 radical (unpaired) electrons. The first kappa shape index (κ1) is 28.9. The fourth-order valence-electron chi connectivity index (χ4n) is 4.56. The molecule has 4 rings (SSSR count). The summed E-state index contributed by atoms with van der Waals surface area (Å²) in [7, 11) is 0. The van der Waals surface area contributed by atoms with Crippen LogP contribution in [0.4, 0.5) is 5.69 Å². The summed E-state index contributed by atoms with van der Waals surface area (Å²) in [6.07, 6.45) is 7.73. The number of fused-ring (bicyclic) bond motifs is 1. The van der Waals surface area contributed by atoms with E-state index in [9.17, 15) is 24.0 Å². The number of imidazole rings is 1. The van der Waals surface area contributed by atoms with E-state index in [-0.39, 0.29) is 36.3 Å². The molecule has 1 fully saturated rings. The van der Waals surface area contributed by atoms with Crippen LogP contribution in [-0.4, -0.2) is 89.5 Å². The third-order valence-electron chi connectivity index (χ3n) is 6.60. The Bertz CT molecular complexity index is 1220. The van der Waals surface area contributed by atoms with Crippen LogP contribution >= 0.6 is 0 Å². The molecule has 2 aliphatic rings. The quantitative estimate of drug-likeness (QED) is 0.201. The molecule has 1 atom stereocenters. The highest BCUT2D eigenvalue weighted by atomic mass is 16.5. The fourth-order valence-corrected chi connectivity index (χ4v) is 4.56. The zero-order valence-electron chi connectivity index (χ0n) is 22.2. The van der Waals surface area contributed by atoms with Crippen molar-refractivity contribution in [2.24, 2.45) is 0 Å². The zero-order valence-corrected chi connectivity index (χ0v) is 22.2. The predicted molar refractivity (Wildman–Crippen MR) is 142 cm³/mol. The molecule has 1 saturated heterocycles. The van der Waals surface area contributed by atoms with Crippen molar-refractivity contribution >= 4 is 35.2 Å². The molecule has 214 valence electrons. The summed E-state index contributed by atoms with van der Waals surface area (Å²) < 4.78 is 13.0. The first-order valence-corrected chi connectivity index (χ1v) is 13.4. The topological polar surface area (TPSA) is 161 Å². The van der Waals surface area contributed by atoms with Gasteiger partial charge in [0.2, 0.25) is 17.7 Å². The summed E-state index contributed by atoms with van der Waals surface area (Å²) in [5.41, 5.74) is 0.891. The number of benzene rings is 1. The zero-order chi connectivity index (χ0) is 28.3. The number of nitrogens with zero attached hydrogens (tertiary/aromatic N) is 3. The van der Waals surface area contributed by atoms with Crippen LogP contribution in [0.15, 0.2) is 36.9 Å². The number of rotatable bonds is 16. The maximum Gasteiger partial charge on any atom is 0.264 e. The van der Waals surface area contributed by atoms with E-state index >= 15 is 0 Å². The van der Waals surface area contributed by atoms with Gasteiger partial charge in [0.15, 0.2) is 0 Å².